The second kappa shape index (κ2) is 3.55. The van der Waals surface area contributed by atoms with Crippen LogP contribution in [0.3, 0.4) is 0 Å². The Morgan fingerprint density at radius 3 is 2.50 bits per heavy atom. The fraction of sp³-hybridized carbons (Fsp3) is 0.500. The average Bonchev–Trinajstić information content (AvgIpc) is 2.31. The summed E-state index contributed by atoms with van der Waals surface area (Å²) in [7, 11) is 1.73. The largest absolute Gasteiger partial charge is 0.341 e. The lowest BCUT2D eigenvalue weighted by Crippen LogP contribution is -2.51. The summed E-state index contributed by atoms with van der Waals surface area (Å²) < 4.78 is 0. The number of nitrogens with zero attached hydrogens (tertiary/aromatic N) is 2. The van der Waals surface area contributed by atoms with Crippen LogP contribution >= 0.6 is 0 Å². The molecule has 2 rings (SSSR count). The van der Waals surface area contributed by atoms with Crippen molar-refractivity contribution in [1.82, 2.24) is 4.90 Å². The Hall–Kier alpha value is -1.89. The zero-order valence-electron chi connectivity index (χ0n) is 11.1. The number of hydrogen-bond donors (Lipinski definition) is 0. The van der Waals surface area contributed by atoms with Gasteiger partial charge < -0.3 is 4.90 Å². The molecule has 4 nitrogen and oxygen atoms in total. The van der Waals surface area contributed by atoms with Crippen molar-refractivity contribution in [3.05, 3.63) is 23.3 Å². The highest BCUT2D eigenvalue weighted by atomic mass is 16.2. The highest BCUT2D eigenvalue weighted by Gasteiger charge is 2.52. The molecule has 0 fully saturated rings. The minimum absolute atomic E-state index is 0.0617. The van der Waals surface area contributed by atoms with Crippen molar-refractivity contribution in [2.24, 2.45) is 10.8 Å². The van der Waals surface area contributed by atoms with Crippen LogP contribution in [0.2, 0.25) is 0 Å². The molecule has 1 heterocycles. The first-order valence-corrected chi connectivity index (χ1v) is 5.89. The van der Waals surface area contributed by atoms with Crippen LogP contribution in [0, 0.1) is 22.2 Å². The van der Waals surface area contributed by atoms with E-state index in [1.807, 2.05) is 12.1 Å². The fourth-order valence-electron chi connectivity index (χ4n) is 2.97. The first-order valence-electron chi connectivity index (χ1n) is 5.89. The summed E-state index contributed by atoms with van der Waals surface area (Å²) >= 11 is 0. The molecule has 4 heteroatoms. The molecule has 0 bridgehead atoms. The minimum atomic E-state index is -0.866. The smallest absolute Gasteiger partial charge is 0.236 e. The van der Waals surface area contributed by atoms with E-state index in [-0.39, 0.29) is 17.3 Å². The van der Waals surface area contributed by atoms with Gasteiger partial charge in [0.05, 0.1) is 16.4 Å². The molecule has 0 aromatic heterocycles. The van der Waals surface area contributed by atoms with Gasteiger partial charge in [0.1, 0.15) is 6.07 Å². The maximum Gasteiger partial charge on any atom is 0.236 e. The van der Waals surface area contributed by atoms with E-state index in [4.69, 9.17) is 5.26 Å². The molecule has 94 valence electrons. The standard InChI is InChI=1S/C14H16N2O2/c1-13(2)10-5-6-16(4)12(18)14(10,3)7-9(8-15)11(13)17/h5,7H,6H2,1-4H3/t14-/m0/s1. The third-order valence-corrected chi connectivity index (χ3v) is 3.96. The SMILES string of the molecule is CN1CC=C2C(C)(C)C(=O)C(C#N)=C[C@]2(C)C1=O. The van der Waals surface area contributed by atoms with Crippen molar-refractivity contribution < 1.29 is 9.59 Å². The number of likely N-dealkylation sites (N-methyl/N-ethyl adjacent to an activating group) is 1. The zero-order chi connectivity index (χ0) is 13.7. The molecule has 0 unspecified atom stereocenters. The van der Waals surface area contributed by atoms with E-state index in [9.17, 15) is 9.59 Å². The third-order valence-electron chi connectivity index (χ3n) is 3.96. The average molecular weight is 244 g/mol. The maximum absolute atomic E-state index is 12.4. The molecule has 0 radical (unpaired) electrons. The molecule has 0 aromatic rings. The Balaban J connectivity index is 2.73. The molecule has 1 atom stereocenters. The van der Waals surface area contributed by atoms with Crippen LogP contribution in [0.15, 0.2) is 23.3 Å². The molecule has 0 spiro atoms. The topological polar surface area (TPSA) is 61.2 Å². The predicted molar refractivity (Wildman–Crippen MR) is 66.3 cm³/mol. The Kier molecular flexibility index (Phi) is 2.48. The zero-order valence-corrected chi connectivity index (χ0v) is 11.1. The first-order chi connectivity index (χ1) is 8.25. The number of nitriles is 1. The van der Waals surface area contributed by atoms with Crippen molar-refractivity contribution in [2.75, 3.05) is 13.6 Å². The van der Waals surface area contributed by atoms with E-state index in [0.29, 0.717) is 6.54 Å². The Bertz CT molecular complexity index is 549. The summed E-state index contributed by atoms with van der Waals surface area (Å²) in [6.07, 6.45) is 3.45. The van der Waals surface area contributed by atoms with Crippen molar-refractivity contribution in [3.63, 3.8) is 0 Å². The lowest BCUT2D eigenvalue weighted by atomic mass is 9.59. The number of Topliss-reactive ketones (excluding diaryl/α,β-unsaturated/α-hetero) is 1. The molecule has 0 N–H and O–H groups in total. The van der Waals surface area contributed by atoms with E-state index < -0.39 is 10.8 Å². The molecular weight excluding hydrogens is 228 g/mol. The summed E-state index contributed by atoms with van der Waals surface area (Å²) in [5, 5.41) is 9.07. The van der Waals surface area contributed by atoms with Crippen LogP contribution in [0.4, 0.5) is 0 Å². The molecule has 0 saturated heterocycles. The van der Waals surface area contributed by atoms with Gasteiger partial charge in [0, 0.05) is 13.6 Å². The molecule has 2 aliphatic rings. The van der Waals surface area contributed by atoms with E-state index in [1.165, 1.54) is 6.08 Å². The lowest BCUT2D eigenvalue weighted by Gasteiger charge is -2.45. The monoisotopic (exact) mass is 244 g/mol. The second-order valence-corrected chi connectivity index (χ2v) is 5.63. The Morgan fingerprint density at radius 1 is 1.33 bits per heavy atom. The summed E-state index contributed by atoms with van der Waals surface area (Å²) in [4.78, 5) is 26.2. The second-order valence-electron chi connectivity index (χ2n) is 5.63. The lowest BCUT2D eigenvalue weighted by molar-refractivity contribution is -0.137. The van der Waals surface area contributed by atoms with E-state index in [2.05, 4.69) is 0 Å². The van der Waals surface area contributed by atoms with Crippen LogP contribution < -0.4 is 0 Å². The molecule has 0 saturated carbocycles. The van der Waals surface area contributed by atoms with Crippen molar-refractivity contribution >= 4 is 11.7 Å². The van der Waals surface area contributed by atoms with Gasteiger partial charge in [0.25, 0.3) is 0 Å². The Labute approximate surface area is 107 Å². The summed E-state index contributed by atoms with van der Waals surface area (Å²) in [6, 6.07) is 1.92. The number of carbonyl (C=O) groups excluding carboxylic acids is 2. The van der Waals surface area contributed by atoms with Gasteiger partial charge in [-0.3, -0.25) is 9.59 Å². The van der Waals surface area contributed by atoms with Crippen molar-refractivity contribution in [2.45, 2.75) is 20.8 Å². The van der Waals surface area contributed by atoms with E-state index >= 15 is 0 Å². The molecule has 1 amide bonds. The van der Waals surface area contributed by atoms with Gasteiger partial charge in [0.15, 0.2) is 5.78 Å². The number of hydrogen-bond acceptors (Lipinski definition) is 3. The molecular formula is C14H16N2O2. The van der Waals surface area contributed by atoms with Crippen LogP contribution in [0.5, 0.6) is 0 Å². The maximum atomic E-state index is 12.4. The molecule has 1 aliphatic carbocycles. The number of ketones is 1. The Morgan fingerprint density at radius 2 is 1.94 bits per heavy atom. The third kappa shape index (κ3) is 1.37. The van der Waals surface area contributed by atoms with Crippen molar-refractivity contribution in [3.8, 4) is 6.07 Å². The number of rotatable bonds is 0. The van der Waals surface area contributed by atoms with E-state index in [0.717, 1.165) is 5.57 Å². The number of fused-ring (bicyclic) bond motifs is 1. The summed E-state index contributed by atoms with van der Waals surface area (Å²) in [5.41, 5.74) is -0.758. The van der Waals surface area contributed by atoms with Gasteiger partial charge in [-0.25, -0.2) is 0 Å². The number of amides is 1. The number of carbonyl (C=O) groups is 2. The van der Waals surface area contributed by atoms with Gasteiger partial charge >= 0.3 is 0 Å². The first kappa shape index (κ1) is 12.6. The van der Waals surface area contributed by atoms with Crippen LogP contribution in [0.25, 0.3) is 0 Å². The summed E-state index contributed by atoms with van der Waals surface area (Å²) in [6.45, 7) is 5.85. The quantitative estimate of drug-likeness (QED) is 0.606. The van der Waals surface area contributed by atoms with Crippen LogP contribution in [0.1, 0.15) is 20.8 Å². The van der Waals surface area contributed by atoms with Gasteiger partial charge in [-0.1, -0.05) is 6.08 Å². The van der Waals surface area contributed by atoms with E-state index in [1.54, 1.807) is 32.7 Å². The fourth-order valence-corrected chi connectivity index (χ4v) is 2.97. The van der Waals surface area contributed by atoms with Gasteiger partial charge in [-0.15, -0.1) is 0 Å². The minimum Gasteiger partial charge on any atom is -0.341 e. The van der Waals surface area contributed by atoms with Gasteiger partial charge in [-0.2, -0.15) is 5.26 Å². The normalized spacial score (nSPS) is 30.3. The van der Waals surface area contributed by atoms with Crippen LogP contribution in [-0.4, -0.2) is 30.2 Å². The van der Waals surface area contributed by atoms with Crippen LogP contribution in [-0.2, 0) is 9.59 Å². The van der Waals surface area contributed by atoms with Gasteiger partial charge in [0.2, 0.25) is 5.91 Å². The summed E-state index contributed by atoms with van der Waals surface area (Å²) in [5.74, 6) is -0.264. The number of allylic oxidation sites excluding steroid dienone is 1. The highest BCUT2D eigenvalue weighted by Crippen LogP contribution is 2.49. The predicted octanol–water partition coefficient (Wildman–Crippen LogP) is 1.45. The highest BCUT2D eigenvalue weighted by molar-refractivity contribution is 6.09. The molecule has 1 aliphatic heterocycles. The van der Waals surface area contributed by atoms with Gasteiger partial charge in [-0.05, 0) is 32.4 Å². The molecule has 0 aromatic carbocycles. The molecule has 18 heavy (non-hydrogen) atoms. The van der Waals surface area contributed by atoms with Crippen molar-refractivity contribution in [1.29, 1.82) is 5.26 Å².